The number of nitrogens with zero attached hydrogens (tertiary/aromatic N) is 2. The molecule has 0 spiro atoms. The maximum Gasteiger partial charge on any atom is 0.288 e. The molecule has 2 aromatic carbocycles. The molecule has 3 amide bonds. The highest BCUT2D eigenvalue weighted by molar-refractivity contribution is 8.14. The van der Waals surface area contributed by atoms with E-state index in [9.17, 15) is 19.2 Å². The molecule has 2 heterocycles. The third-order valence-electron chi connectivity index (χ3n) is 5.67. The summed E-state index contributed by atoms with van der Waals surface area (Å²) < 4.78 is 6.93. The number of imide groups is 1. The first kappa shape index (κ1) is 23.8. The maximum absolute atomic E-state index is 13.3. The van der Waals surface area contributed by atoms with Crippen molar-refractivity contribution in [3.63, 3.8) is 0 Å². The van der Waals surface area contributed by atoms with E-state index in [0.717, 1.165) is 22.0 Å². The number of hydrogen-bond donors (Lipinski definition) is 1. The van der Waals surface area contributed by atoms with Crippen LogP contribution in [0.5, 0.6) is 5.75 Å². The number of halogens is 1. The van der Waals surface area contributed by atoms with Crippen LogP contribution in [-0.2, 0) is 16.0 Å². The number of benzene rings is 2. The summed E-state index contributed by atoms with van der Waals surface area (Å²) in [6.07, 6.45) is 0.0209. The topological polar surface area (TPSA) is 97.7 Å². The second kappa shape index (κ2) is 9.90. The van der Waals surface area contributed by atoms with Crippen molar-refractivity contribution >= 4 is 57.2 Å². The fourth-order valence-corrected chi connectivity index (χ4v) is 4.80. The van der Waals surface area contributed by atoms with Gasteiger partial charge in [0.1, 0.15) is 5.75 Å². The molecule has 1 aromatic heterocycles. The van der Waals surface area contributed by atoms with E-state index in [-0.39, 0.29) is 48.2 Å². The van der Waals surface area contributed by atoms with E-state index >= 15 is 0 Å². The molecule has 4 rings (SSSR count). The summed E-state index contributed by atoms with van der Waals surface area (Å²) in [5.41, 5.74) is 2.46. The highest BCUT2D eigenvalue weighted by Crippen LogP contribution is 2.31. The average molecular weight is 500 g/mol. The van der Waals surface area contributed by atoms with Gasteiger partial charge in [-0.05, 0) is 55.0 Å². The van der Waals surface area contributed by atoms with Crippen molar-refractivity contribution in [3.05, 3.63) is 64.3 Å². The summed E-state index contributed by atoms with van der Waals surface area (Å²) in [5, 5.41) is 3.72. The van der Waals surface area contributed by atoms with Crippen molar-refractivity contribution in [1.82, 2.24) is 14.8 Å². The van der Waals surface area contributed by atoms with Crippen LogP contribution >= 0.6 is 23.4 Å². The molecular formula is C24H22ClN3O5S. The Labute approximate surface area is 205 Å². The predicted molar refractivity (Wildman–Crippen MR) is 131 cm³/mol. The van der Waals surface area contributed by atoms with Crippen LogP contribution in [0, 0.1) is 6.92 Å². The minimum atomic E-state index is -0.300. The first-order valence-electron chi connectivity index (χ1n) is 10.5. The Morgan fingerprint density at radius 1 is 1.15 bits per heavy atom. The normalized spacial score (nSPS) is 13.6. The highest BCUT2D eigenvalue weighted by atomic mass is 35.5. The lowest BCUT2D eigenvalue weighted by atomic mass is 10.1. The van der Waals surface area contributed by atoms with Crippen molar-refractivity contribution in [3.8, 4) is 5.75 Å². The van der Waals surface area contributed by atoms with Crippen molar-refractivity contribution in [2.24, 2.45) is 0 Å². The number of carbonyl (C=O) groups is 4. The van der Waals surface area contributed by atoms with E-state index in [1.165, 1.54) is 0 Å². The number of aromatic nitrogens is 1. The van der Waals surface area contributed by atoms with Crippen molar-refractivity contribution < 1.29 is 23.9 Å². The van der Waals surface area contributed by atoms with Crippen molar-refractivity contribution in [2.45, 2.75) is 13.3 Å². The summed E-state index contributed by atoms with van der Waals surface area (Å²) in [5.74, 6) is -0.0328. The lowest BCUT2D eigenvalue weighted by Crippen LogP contribution is -2.38. The fraction of sp³-hybridized carbons (Fsp3) is 0.250. The number of carbonyl (C=O) groups excluding carboxylic acids is 4. The molecular weight excluding hydrogens is 478 g/mol. The first-order valence-corrected chi connectivity index (χ1v) is 11.9. The summed E-state index contributed by atoms with van der Waals surface area (Å²) in [7, 11) is 1.55. The number of amides is 3. The molecule has 0 radical (unpaired) electrons. The van der Waals surface area contributed by atoms with Crippen molar-refractivity contribution in [2.75, 3.05) is 26.0 Å². The molecule has 1 saturated heterocycles. The zero-order chi connectivity index (χ0) is 24.4. The number of hydrogen-bond acceptors (Lipinski definition) is 6. The molecule has 1 N–H and O–H groups in total. The molecule has 3 aromatic rings. The quantitative estimate of drug-likeness (QED) is 0.533. The Morgan fingerprint density at radius 2 is 1.88 bits per heavy atom. The van der Waals surface area contributed by atoms with E-state index in [1.54, 1.807) is 61.1 Å². The summed E-state index contributed by atoms with van der Waals surface area (Å²) in [6.45, 7) is 2.07. The highest BCUT2D eigenvalue weighted by Gasteiger charge is 2.29. The average Bonchev–Trinajstić information content (AvgIpc) is 3.29. The molecule has 0 bridgehead atoms. The van der Waals surface area contributed by atoms with Gasteiger partial charge in [-0.3, -0.25) is 28.6 Å². The first-order chi connectivity index (χ1) is 16.3. The molecule has 10 heteroatoms. The van der Waals surface area contributed by atoms with Crippen LogP contribution in [-0.4, -0.2) is 58.4 Å². The minimum absolute atomic E-state index is 0.0209. The fourth-order valence-electron chi connectivity index (χ4n) is 3.92. The molecule has 1 aliphatic rings. The van der Waals surface area contributed by atoms with Gasteiger partial charge in [-0.25, -0.2) is 0 Å². The van der Waals surface area contributed by atoms with Gasteiger partial charge in [-0.2, -0.15) is 0 Å². The molecule has 0 atom stereocenters. The Balaban J connectivity index is 1.60. The van der Waals surface area contributed by atoms with Crippen LogP contribution in [0.25, 0.3) is 10.9 Å². The van der Waals surface area contributed by atoms with Crippen LogP contribution in [0.3, 0.4) is 0 Å². The number of methoxy groups -OCH3 is 1. The smallest absolute Gasteiger partial charge is 0.288 e. The standard InChI is InChI=1S/C24H22ClN3O5S/c1-14-18(12-21(29)26-9-10-27-22(30)13-34-24(27)32)19-11-17(33-2)7-8-20(19)28(14)23(31)15-3-5-16(25)6-4-15/h3-8,11H,9-10,12-13H2,1-2H3,(H,26,29). The molecule has 0 aliphatic carbocycles. The van der Waals surface area contributed by atoms with Gasteiger partial charge in [0.2, 0.25) is 11.8 Å². The van der Waals surface area contributed by atoms with Gasteiger partial charge in [-0.1, -0.05) is 23.4 Å². The van der Waals surface area contributed by atoms with Gasteiger partial charge in [0, 0.05) is 34.8 Å². The van der Waals surface area contributed by atoms with Gasteiger partial charge in [0.15, 0.2) is 0 Å². The summed E-state index contributed by atoms with van der Waals surface area (Å²) in [4.78, 5) is 50.7. The molecule has 0 saturated carbocycles. The molecule has 8 nitrogen and oxygen atoms in total. The SMILES string of the molecule is COc1ccc2c(c1)c(CC(=O)NCCN1C(=O)CSC1=O)c(C)n2C(=O)c1ccc(Cl)cc1. The molecule has 176 valence electrons. The van der Waals surface area contributed by atoms with Crippen LogP contribution < -0.4 is 10.1 Å². The monoisotopic (exact) mass is 499 g/mol. The van der Waals surface area contributed by atoms with E-state index in [4.69, 9.17) is 16.3 Å². The van der Waals surface area contributed by atoms with E-state index in [2.05, 4.69) is 5.32 Å². The van der Waals surface area contributed by atoms with Crippen LogP contribution in [0.15, 0.2) is 42.5 Å². The van der Waals surface area contributed by atoms with Gasteiger partial charge in [0.05, 0.1) is 24.8 Å². The third-order valence-corrected chi connectivity index (χ3v) is 6.78. The zero-order valence-electron chi connectivity index (χ0n) is 18.6. The second-order valence-corrected chi connectivity index (χ2v) is 9.08. The van der Waals surface area contributed by atoms with Gasteiger partial charge in [0.25, 0.3) is 11.1 Å². The van der Waals surface area contributed by atoms with E-state index in [0.29, 0.717) is 33.1 Å². The number of ether oxygens (including phenoxy) is 1. The lowest BCUT2D eigenvalue weighted by Gasteiger charge is -2.13. The third kappa shape index (κ3) is 4.67. The zero-order valence-corrected chi connectivity index (χ0v) is 20.2. The van der Waals surface area contributed by atoms with E-state index < -0.39 is 0 Å². The van der Waals surface area contributed by atoms with Gasteiger partial charge < -0.3 is 10.1 Å². The van der Waals surface area contributed by atoms with Gasteiger partial charge in [-0.15, -0.1) is 0 Å². The molecule has 0 unspecified atom stereocenters. The Hall–Kier alpha value is -3.30. The predicted octanol–water partition coefficient (Wildman–Crippen LogP) is 3.65. The summed E-state index contributed by atoms with van der Waals surface area (Å²) >= 11 is 6.92. The number of rotatable bonds is 7. The van der Waals surface area contributed by atoms with Crippen LogP contribution in [0.2, 0.25) is 5.02 Å². The summed E-state index contributed by atoms with van der Waals surface area (Å²) in [6, 6.07) is 12.0. The van der Waals surface area contributed by atoms with Crippen molar-refractivity contribution in [1.29, 1.82) is 0 Å². The Bertz CT molecular complexity index is 1290. The molecule has 1 aliphatic heterocycles. The Morgan fingerprint density at radius 3 is 2.53 bits per heavy atom. The largest absolute Gasteiger partial charge is 0.497 e. The number of nitrogens with one attached hydrogen (secondary N) is 1. The lowest BCUT2D eigenvalue weighted by molar-refractivity contribution is -0.125. The van der Waals surface area contributed by atoms with Crippen LogP contribution in [0.4, 0.5) is 4.79 Å². The van der Waals surface area contributed by atoms with Gasteiger partial charge >= 0.3 is 0 Å². The Kier molecular flexibility index (Phi) is 6.95. The second-order valence-electron chi connectivity index (χ2n) is 7.72. The number of thioether (sulfide) groups is 1. The minimum Gasteiger partial charge on any atom is -0.497 e. The maximum atomic E-state index is 13.3. The number of fused-ring (bicyclic) bond motifs is 1. The van der Waals surface area contributed by atoms with Crippen LogP contribution in [0.1, 0.15) is 21.6 Å². The molecule has 1 fully saturated rings. The molecule has 34 heavy (non-hydrogen) atoms. The van der Waals surface area contributed by atoms with E-state index in [1.807, 2.05) is 0 Å².